The van der Waals surface area contributed by atoms with E-state index in [1.807, 2.05) is 30.3 Å². The molecule has 0 radical (unpaired) electrons. The quantitative estimate of drug-likeness (QED) is 0.826. The van der Waals surface area contributed by atoms with Crippen LogP contribution < -0.4 is 5.32 Å². The van der Waals surface area contributed by atoms with Gasteiger partial charge in [0.2, 0.25) is 0 Å². The maximum Gasteiger partial charge on any atom is 0.404 e. The predicted molar refractivity (Wildman–Crippen MR) is 91.1 cm³/mol. The van der Waals surface area contributed by atoms with Gasteiger partial charge in [0.15, 0.2) is 0 Å². The van der Waals surface area contributed by atoms with Gasteiger partial charge in [0.05, 0.1) is 25.4 Å². The maximum absolute atomic E-state index is 14.3. The molecule has 1 aromatic carbocycles. The summed E-state index contributed by atoms with van der Waals surface area (Å²) < 4.78 is 25.8. The molecule has 0 bridgehead atoms. The van der Waals surface area contributed by atoms with Gasteiger partial charge in [-0.3, -0.25) is 0 Å². The van der Waals surface area contributed by atoms with Crippen LogP contribution in [0.1, 0.15) is 24.8 Å². The number of halogens is 1. The number of methoxy groups -OCH3 is 1. The molecule has 0 heterocycles. The van der Waals surface area contributed by atoms with E-state index in [-0.39, 0.29) is 23.9 Å². The van der Waals surface area contributed by atoms with Crippen LogP contribution in [0.4, 0.5) is 9.18 Å². The molecule has 3 rings (SSSR count). The van der Waals surface area contributed by atoms with Crippen molar-refractivity contribution in [2.24, 2.45) is 17.8 Å². The number of hydrogen-bond donors (Lipinski definition) is 2. The summed E-state index contributed by atoms with van der Waals surface area (Å²) in [6, 6.07) is 9.33. The van der Waals surface area contributed by atoms with Crippen molar-refractivity contribution in [3.05, 3.63) is 35.9 Å². The second kappa shape index (κ2) is 8.15. The number of rotatable bonds is 6. The molecular formula is C19H26FNO4. The minimum absolute atomic E-state index is 0.0431. The summed E-state index contributed by atoms with van der Waals surface area (Å²) in [6.07, 6.45) is -0.521. The average molecular weight is 351 g/mol. The summed E-state index contributed by atoms with van der Waals surface area (Å²) in [6.45, 7) is 1.08. The Labute approximate surface area is 147 Å². The van der Waals surface area contributed by atoms with Gasteiger partial charge in [-0.25, -0.2) is 9.18 Å². The first-order valence-electron chi connectivity index (χ1n) is 8.86. The van der Waals surface area contributed by atoms with E-state index in [2.05, 4.69) is 5.32 Å². The smallest absolute Gasteiger partial charge is 0.404 e. The number of carboxylic acid groups (broad SMARTS) is 1. The fraction of sp³-hybridized carbons (Fsp3) is 0.632. The van der Waals surface area contributed by atoms with Crippen LogP contribution in [-0.2, 0) is 16.1 Å². The Morgan fingerprint density at radius 1 is 1.28 bits per heavy atom. The van der Waals surface area contributed by atoms with Gasteiger partial charge in [0.1, 0.15) is 6.17 Å². The highest BCUT2D eigenvalue weighted by atomic mass is 19.1. The number of nitrogens with one attached hydrogen (secondary N) is 1. The summed E-state index contributed by atoms with van der Waals surface area (Å²) in [7, 11) is 1.69. The molecule has 138 valence electrons. The Kier molecular flexibility index (Phi) is 5.91. The lowest BCUT2D eigenvalue weighted by atomic mass is 9.75. The highest BCUT2D eigenvalue weighted by Crippen LogP contribution is 2.47. The van der Waals surface area contributed by atoms with Gasteiger partial charge in [-0.1, -0.05) is 30.3 Å². The van der Waals surface area contributed by atoms with Crippen LogP contribution in [0.25, 0.3) is 0 Å². The number of amides is 1. The highest BCUT2D eigenvalue weighted by Gasteiger charge is 2.49. The van der Waals surface area contributed by atoms with Gasteiger partial charge in [-0.15, -0.1) is 0 Å². The van der Waals surface area contributed by atoms with E-state index >= 15 is 0 Å². The van der Waals surface area contributed by atoms with Crippen molar-refractivity contribution in [3.8, 4) is 0 Å². The first-order chi connectivity index (χ1) is 12.1. The van der Waals surface area contributed by atoms with E-state index in [1.54, 1.807) is 7.11 Å². The van der Waals surface area contributed by atoms with Gasteiger partial charge in [-0.2, -0.15) is 0 Å². The molecule has 2 aliphatic rings. The first-order valence-corrected chi connectivity index (χ1v) is 8.86. The second-order valence-corrected chi connectivity index (χ2v) is 7.14. The topological polar surface area (TPSA) is 67.8 Å². The summed E-state index contributed by atoms with van der Waals surface area (Å²) >= 11 is 0. The summed E-state index contributed by atoms with van der Waals surface area (Å²) in [5.74, 6) is 0.631. The van der Waals surface area contributed by atoms with Crippen molar-refractivity contribution < 1.29 is 23.8 Å². The molecule has 0 aromatic heterocycles. The fourth-order valence-electron chi connectivity index (χ4n) is 4.50. The minimum Gasteiger partial charge on any atom is -0.465 e. The van der Waals surface area contributed by atoms with Crippen molar-refractivity contribution in [2.75, 3.05) is 13.7 Å². The van der Waals surface area contributed by atoms with E-state index in [4.69, 9.17) is 14.6 Å². The molecular weight excluding hydrogens is 325 g/mol. The molecule has 5 nitrogen and oxygen atoms in total. The standard InChI is InChI=1S/C19H26FNO4/c1-24-18-8-13-7-16(20)17(21-19(22)23)9-14(13)15(18)11-25-10-12-5-3-2-4-6-12/h2-6,13-18,21H,7-11H2,1H3,(H,22,23)/t13-,14+,15-,16-,17-,18-/m0/s1. The molecule has 2 saturated carbocycles. The van der Waals surface area contributed by atoms with Crippen LogP contribution in [0.5, 0.6) is 0 Å². The second-order valence-electron chi connectivity index (χ2n) is 7.14. The molecule has 6 heteroatoms. The number of ether oxygens (including phenoxy) is 2. The van der Waals surface area contributed by atoms with Gasteiger partial charge in [-0.05, 0) is 36.7 Å². The number of benzene rings is 1. The van der Waals surface area contributed by atoms with Crippen LogP contribution in [0, 0.1) is 17.8 Å². The molecule has 25 heavy (non-hydrogen) atoms. The summed E-state index contributed by atoms with van der Waals surface area (Å²) in [5, 5.41) is 11.3. The molecule has 6 atom stereocenters. The zero-order valence-corrected chi connectivity index (χ0v) is 14.4. The molecule has 2 aliphatic carbocycles. The Hall–Kier alpha value is -1.66. The van der Waals surface area contributed by atoms with Crippen molar-refractivity contribution in [1.29, 1.82) is 0 Å². The summed E-state index contributed by atoms with van der Waals surface area (Å²) in [4.78, 5) is 10.9. The number of carbonyl (C=O) groups is 1. The SMILES string of the molecule is CO[C@H]1C[C@@H]2C[C@H](F)[C@@H](NC(=O)O)C[C@H]2[C@@H]1COCc1ccccc1. The zero-order chi connectivity index (χ0) is 17.8. The van der Waals surface area contributed by atoms with Crippen molar-refractivity contribution in [1.82, 2.24) is 5.32 Å². The summed E-state index contributed by atoms with van der Waals surface area (Å²) in [5.41, 5.74) is 1.11. The average Bonchev–Trinajstić information content (AvgIpc) is 2.92. The molecule has 2 fully saturated rings. The molecule has 0 saturated heterocycles. The van der Waals surface area contributed by atoms with Crippen LogP contribution in [-0.4, -0.2) is 43.2 Å². The van der Waals surface area contributed by atoms with Crippen LogP contribution in [0.2, 0.25) is 0 Å². The number of fused-ring (bicyclic) bond motifs is 1. The number of alkyl halides is 1. The van der Waals surface area contributed by atoms with Gasteiger partial charge < -0.3 is 19.9 Å². The zero-order valence-electron chi connectivity index (χ0n) is 14.4. The monoisotopic (exact) mass is 351 g/mol. The Balaban J connectivity index is 1.61. The van der Waals surface area contributed by atoms with Crippen LogP contribution in [0.15, 0.2) is 30.3 Å². The van der Waals surface area contributed by atoms with Crippen LogP contribution in [0.3, 0.4) is 0 Å². The lowest BCUT2D eigenvalue weighted by molar-refractivity contribution is -0.00768. The third-order valence-corrected chi connectivity index (χ3v) is 5.69. The minimum atomic E-state index is -1.16. The van der Waals surface area contributed by atoms with Gasteiger partial charge in [0, 0.05) is 13.0 Å². The van der Waals surface area contributed by atoms with E-state index < -0.39 is 18.3 Å². The Bertz CT molecular complexity index is 570. The number of hydrogen-bond acceptors (Lipinski definition) is 3. The predicted octanol–water partition coefficient (Wildman–Crippen LogP) is 3.24. The van der Waals surface area contributed by atoms with Gasteiger partial charge >= 0.3 is 6.09 Å². The van der Waals surface area contributed by atoms with Crippen molar-refractivity contribution >= 4 is 6.09 Å². The highest BCUT2D eigenvalue weighted by molar-refractivity contribution is 5.65. The molecule has 0 aliphatic heterocycles. The van der Waals surface area contributed by atoms with Crippen molar-refractivity contribution in [2.45, 2.75) is 44.2 Å². The van der Waals surface area contributed by atoms with Gasteiger partial charge in [0.25, 0.3) is 0 Å². The Morgan fingerprint density at radius 2 is 2.04 bits per heavy atom. The lowest BCUT2D eigenvalue weighted by Crippen LogP contribution is -2.47. The maximum atomic E-state index is 14.3. The van der Waals surface area contributed by atoms with Crippen LogP contribution >= 0.6 is 0 Å². The first kappa shape index (κ1) is 18.1. The Morgan fingerprint density at radius 3 is 2.72 bits per heavy atom. The third kappa shape index (κ3) is 4.30. The lowest BCUT2D eigenvalue weighted by Gasteiger charge is -2.36. The third-order valence-electron chi connectivity index (χ3n) is 5.69. The molecule has 1 aromatic rings. The van der Waals surface area contributed by atoms with E-state index in [1.165, 1.54) is 0 Å². The fourth-order valence-corrected chi connectivity index (χ4v) is 4.50. The van der Waals surface area contributed by atoms with E-state index in [0.717, 1.165) is 12.0 Å². The molecule has 2 N–H and O–H groups in total. The molecule has 0 unspecified atom stereocenters. The van der Waals surface area contributed by atoms with Crippen molar-refractivity contribution in [3.63, 3.8) is 0 Å². The van der Waals surface area contributed by atoms with E-state index in [9.17, 15) is 9.18 Å². The largest absolute Gasteiger partial charge is 0.465 e. The normalized spacial score (nSPS) is 34.5. The van der Waals surface area contributed by atoms with E-state index in [0.29, 0.717) is 26.1 Å². The molecule has 0 spiro atoms. The molecule has 1 amide bonds.